The van der Waals surface area contributed by atoms with Gasteiger partial charge in [0.1, 0.15) is 5.76 Å². The number of carbonyl (C=O) groups excluding carboxylic acids is 1. The molecule has 2 rings (SSSR count). The van der Waals surface area contributed by atoms with Crippen molar-refractivity contribution in [3.05, 3.63) is 24.2 Å². The zero-order valence-electron chi connectivity index (χ0n) is 10.6. The van der Waals surface area contributed by atoms with E-state index in [1.807, 2.05) is 6.07 Å². The summed E-state index contributed by atoms with van der Waals surface area (Å²) in [5.74, 6) is 1.59. The molecule has 102 valence electrons. The number of carbonyl (C=O) groups is 1. The summed E-state index contributed by atoms with van der Waals surface area (Å²) in [4.78, 5) is 11.6. The third-order valence-electron chi connectivity index (χ3n) is 2.40. The summed E-state index contributed by atoms with van der Waals surface area (Å²) >= 11 is 1.54. The number of furan rings is 1. The normalized spacial score (nSPS) is 10.6. The minimum Gasteiger partial charge on any atom is -0.467 e. The third kappa shape index (κ3) is 4.40. The van der Waals surface area contributed by atoms with Gasteiger partial charge in [0.15, 0.2) is 0 Å². The second-order valence-electron chi connectivity index (χ2n) is 3.89. The van der Waals surface area contributed by atoms with Crippen LogP contribution in [0.15, 0.2) is 28.0 Å². The molecule has 0 saturated heterocycles. The number of hydrogen-bond acceptors (Lipinski definition) is 6. The summed E-state index contributed by atoms with van der Waals surface area (Å²) in [5, 5.41) is 14.7. The molecule has 19 heavy (non-hydrogen) atoms. The molecule has 2 aromatic heterocycles. The van der Waals surface area contributed by atoms with E-state index in [1.165, 1.54) is 11.8 Å². The van der Waals surface area contributed by atoms with E-state index in [-0.39, 0.29) is 5.91 Å². The van der Waals surface area contributed by atoms with Gasteiger partial charge in [0.2, 0.25) is 11.1 Å². The van der Waals surface area contributed by atoms with Gasteiger partial charge in [0.05, 0.1) is 12.8 Å². The van der Waals surface area contributed by atoms with Gasteiger partial charge < -0.3 is 9.73 Å². The molecular formula is C11H15N5O2S. The van der Waals surface area contributed by atoms with Gasteiger partial charge in [-0.15, -0.1) is 5.10 Å². The molecular weight excluding hydrogens is 266 g/mol. The second kappa shape index (κ2) is 6.93. The van der Waals surface area contributed by atoms with E-state index < -0.39 is 0 Å². The lowest BCUT2D eigenvalue weighted by Gasteiger charge is -2.03. The number of aryl methyl sites for hydroxylation is 1. The monoisotopic (exact) mass is 281 g/mol. The molecule has 0 fully saturated rings. The Morgan fingerprint density at radius 3 is 3.16 bits per heavy atom. The van der Waals surface area contributed by atoms with Crippen LogP contribution in [0.3, 0.4) is 0 Å². The van der Waals surface area contributed by atoms with Crippen LogP contribution < -0.4 is 5.32 Å². The Hall–Kier alpha value is -1.83. The molecule has 0 aromatic carbocycles. The molecule has 8 heteroatoms. The lowest BCUT2D eigenvalue weighted by molar-refractivity contribution is -0.121. The van der Waals surface area contributed by atoms with Crippen LogP contribution in [0, 0.1) is 0 Å². The lowest BCUT2D eigenvalue weighted by atomic mass is 10.3. The van der Waals surface area contributed by atoms with Crippen molar-refractivity contribution in [2.24, 2.45) is 7.05 Å². The zero-order chi connectivity index (χ0) is 13.5. The van der Waals surface area contributed by atoms with E-state index in [1.54, 1.807) is 24.1 Å². The molecule has 2 aromatic rings. The third-order valence-corrected chi connectivity index (χ3v) is 3.50. The summed E-state index contributed by atoms with van der Waals surface area (Å²) in [7, 11) is 1.79. The Morgan fingerprint density at radius 2 is 2.47 bits per heavy atom. The average molecular weight is 281 g/mol. The number of thioether (sulfide) groups is 1. The molecule has 2 heterocycles. The Balaban J connectivity index is 1.58. The van der Waals surface area contributed by atoms with Crippen LogP contribution in [0.5, 0.6) is 0 Å². The fourth-order valence-corrected chi connectivity index (χ4v) is 2.22. The zero-order valence-corrected chi connectivity index (χ0v) is 11.4. The maximum Gasteiger partial charge on any atom is 0.220 e. The number of tetrazole rings is 1. The van der Waals surface area contributed by atoms with Crippen molar-refractivity contribution in [3.8, 4) is 0 Å². The number of rotatable bonds is 7. The van der Waals surface area contributed by atoms with E-state index >= 15 is 0 Å². The minimum absolute atomic E-state index is 0.0214. The summed E-state index contributed by atoms with van der Waals surface area (Å²) in [6, 6.07) is 3.63. The van der Waals surface area contributed by atoms with Crippen LogP contribution in [0.4, 0.5) is 0 Å². The predicted molar refractivity (Wildman–Crippen MR) is 69.3 cm³/mol. The Morgan fingerprint density at radius 1 is 1.58 bits per heavy atom. The maximum absolute atomic E-state index is 11.6. The Kier molecular flexibility index (Phi) is 4.96. The van der Waals surface area contributed by atoms with Crippen molar-refractivity contribution in [2.75, 3.05) is 5.75 Å². The number of nitrogens with one attached hydrogen (secondary N) is 1. The van der Waals surface area contributed by atoms with Gasteiger partial charge in [-0.05, 0) is 29.0 Å². The van der Waals surface area contributed by atoms with Crippen LogP contribution >= 0.6 is 11.8 Å². The summed E-state index contributed by atoms with van der Waals surface area (Å²) in [6.07, 6.45) is 2.85. The van der Waals surface area contributed by atoms with Crippen molar-refractivity contribution >= 4 is 17.7 Å². The van der Waals surface area contributed by atoms with Gasteiger partial charge in [0, 0.05) is 19.2 Å². The van der Waals surface area contributed by atoms with E-state index in [0.717, 1.165) is 23.1 Å². The number of nitrogens with zero attached hydrogens (tertiary/aromatic N) is 4. The van der Waals surface area contributed by atoms with E-state index in [0.29, 0.717) is 13.0 Å². The van der Waals surface area contributed by atoms with Crippen molar-refractivity contribution in [2.45, 2.75) is 24.5 Å². The minimum atomic E-state index is 0.0214. The van der Waals surface area contributed by atoms with Crippen LogP contribution in [0.25, 0.3) is 0 Å². The number of amides is 1. The molecule has 0 aliphatic rings. The molecule has 0 atom stereocenters. The smallest absolute Gasteiger partial charge is 0.220 e. The first-order valence-corrected chi connectivity index (χ1v) is 6.88. The average Bonchev–Trinajstić information content (AvgIpc) is 3.04. The molecule has 0 bridgehead atoms. The molecule has 0 saturated carbocycles. The fraction of sp³-hybridized carbons (Fsp3) is 0.455. The first-order chi connectivity index (χ1) is 9.25. The van der Waals surface area contributed by atoms with Crippen LogP contribution in [0.2, 0.25) is 0 Å². The van der Waals surface area contributed by atoms with E-state index in [4.69, 9.17) is 4.42 Å². The molecule has 1 N–H and O–H groups in total. The summed E-state index contributed by atoms with van der Waals surface area (Å²) in [6.45, 7) is 0.437. The molecule has 0 aliphatic heterocycles. The standard InChI is InChI=1S/C11H15N5O2S/c1-16-11(13-14-15-16)19-7-3-5-10(17)12-8-9-4-2-6-18-9/h2,4,6H,3,5,7-8H2,1H3,(H,12,17). The fourth-order valence-electron chi connectivity index (χ4n) is 1.43. The lowest BCUT2D eigenvalue weighted by Crippen LogP contribution is -2.22. The first-order valence-electron chi connectivity index (χ1n) is 5.90. The second-order valence-corrected chi connectivity index (χ2v) is 4.96. The van der Waals surface area contributed by atoms with Gasteiger partial charge in [-0.3, -0.25) is 4.79 Å². The molecule has 0 radical (unpaired) electrons. The predicted octanol–water partition coefficient (Wildman–Crippen LogP) is 0.992. The SMILES string of the molecule is Cn1nnnc1SCCCC(=O)NCc1ccco1. The highest BCUT2D eigenvalue weighted by molar-refractivity contribution is 7.99. The van der Waals surface area contributed by atoms with Gasteiger partial charge in [-0.2, -0.15) is 0 Å². The van der Waals surface area contributed by atoms with Gasteiger partial charge in [0.25, 0.3) is 0 Å². The summed E-state index contributed by atoms with van der Waals surface area (Å²) in [5.41, 5.74) is 0. The molecule has 1 amide bonds. The quantitative estimate of drug-likeness (QED) is 0.601. The molecule has 7 nitrogen and oxygen atoms in total. The van der Waals surface area contributed by atoms with Gasteiger partial charge in [-0.1, -0.05) is 11.8 Å². The Labute approximate surface area is 114 Å². The molecule has 0 aliphatic carbocycles. The topological polar surface area (TPSA) is 85.8 Å². The van der Waals surface area contributed by atoms with Gasteiger partial charge in [-0.25, -0.2) is 4.68 Å². The van der Waals surface area contributed by atoms with Crippen molar-refractivity contribution < 1.29 is 9.21 Å². The Bertz CT molecular complexity index is 511. The van der Waals surface area contributed by atoms with Crippen LogP contribution in [0.1, 0.15) is 18.6 Å². The first kappa shape index (κ1) is 13.6. The van der Waals surface area contributed by atoms with E-state index in [9.17, 15) is 4.79 Å². The number of aromatic nitrogens is 4. The highest BCUT2D eigenvalue weighted by atomic mass is 32.2. The maximum atomic E-state index is 11.6. The highest BCUT2D eigenvalue weighted by Crippen LogP contribution is 2.14. The summed E-state index contributed by atoms with van der Waals surface area (Å²) < 4.78 is 6.74. The molecule has 0 unspecified atom stereocenters. The van der Waals surface area contributed by atoms with E-state index in [2.05, 4.69) is 20.8 Å². The van der Waals surface area contributed by atoms with Crippen molar-refractivity contribution in [1.29, 1.82) is 0 Å². The number of hydrogen-bond donors (Lipinski definition) is 1. The molecule has 0 spiro atoms. The van der Waals surface area contributed by atoms with Crippen molar-refractivity contribution in [1.82, 2.24) is 25.5 Å². The van der Waals surface area contributed by atoms with Gasteiger partial charge >= 0.3 is 0 Å². The van der Waals surface area contributed by atoms with Crippen LogP contribution in [-0.4, -0.2) is 31.9 Å². The van der Waals surface area contributed by atoms with Crippen LogP contribution in [-0.2, 0) is 18.4 Å². The largest absolute Gasteiger partial charge is 0.467 e. The van der Waals surface area contributed by atoms with Crippen molar-refractivity contribution in [3.63, 3.8) is 0 Å². The highest BCUT2D eigenvalue weighted by Gasteiger charge is 2.05.